The van der Waals surface area contributed by atoms with Gasteiger partial charge in [-0.3, -0.25) is 4.90 Å². The van der Waals surface area contributed by atoms with E-state index in [2.05, 4.69) is 16.8 Å². The van der Waals surface area contributed by atoms with Crippen LogP contribution in [0.5, 0.6) is 0 Å². The lowest BCUT2D eigenvalue weighted by Crippen LogP contribution is -2.52. The van der Waals surface area contributed by atoms with Gasteiger partial charge < -0.3 is 10.0 Å². The third-order valence-electron chi connectivity index (χ3n) is 4.39. The van der Waals surface area contributed by atoms with E-state index >= 15 is 0 Å². The molecule has 1 atom stereocenters. The zero-order valence-electron chi connectivity index (χ0n) is 10.6. The minimum absolute atomic E-state index is 0.356. The highest BCUT2D eigenvalue weighted by Gasteiger charge is 2.29. The smallest absolute Gasteiger partial charge is 0.0589 e. The third-order valence-corrected chi connectivity index (χ3v) is 4.39. The van der Waals surface area contributed by atoms with Crippen molar-refractivity contribution in [2.75, 3.05) is 39.8 Å². The number of hydrogen-bond donors (Lipinski definition) is 1. The molecule has 1 unspecified atom stereocenters. The quantitative estimate of drug-likeness (QED) is 0.783. The topological polar surface area (TPSA) is 26.7 Å². The van der Waals surface area contributed by atoms with Gasteiger partial charge >= 0.3 is 0 Å². The second-order valence-corrected chi connectivity index (χ2v) is 5.49. The molecule has 0 spiro atoms. The van der Waals surface area contributed by atoms with Gasteiger partial charge in [0.1, 0.15) is 0 Å². The Labute approximate surface area is 99.4 Å². The normalized spacial score (nSPS) is 28.1. The van der Waals surface area contributed by atoms with Crippen LogP contribution < -0.4 is 0 Å². The standard InChI is InChI=1S/C13H26N2O/c1-14-7-9-15(10-8-14)13(11-16)12-5-3-2-4-6-12/h12-13,16H,2-11H2,1H3. The first-order valence-corrected chi connectivity index (χ1v) is 6.84. The molecule has 0 aromatic heterocycles. The van der Waals surface area contributed by atoms with Gasteiger partial charge in [0.05, 0.1) is 6.61 Å². The number of aliphatic hydroxyl groups is 1. The molecule has 3 nitrogen and oxygen atoms in total. The van der Waals surface area contributed by atoms with E-state index in [1.165, 1.54) is 32.1 Å². The van der Waals surface area contributed by atoms with Gasteiger partial charge in [0.2, 0.25) is 0 Å². The minimum Gasteiger partial charge on any atom is -0.395 e. The summed E-state index contributed by atoms with van der Waals surface area (Å²) in [5.41, 5.74) is 0. The van der Waals surface area contributed by atoms with Crippen molar-refractivity contribution in [1.82, 2.24) is 9.80 Å². The van der Waals surface area contributed by atoms with Crippen LogP contribution in [0.1, 0.15) is 32.1 Å². The molecular formula is C13H26N2O. The molecule has 0 bridgehead atoms. The van der Waals surface area contributed by atoms with Crippen molar-refractivity contribution in [2.45, 2.75) is 38.1 Å². The molecule has 1 saturated heterocycles. The summed E-state index contributed by atoms with van der Waals surface area (Å²) in [5, 5.41) is 9.64. The molecule has 16 heavy (non-hydrogen) atoms. The van der Waals surface area contributed by atoms with Crippen molar-refractivity contribution in [1.29, 1.82) is 0 Å². The Balaban J connectivity index is 1.88. The Bertz CT molecular complexity index is 196. The minimum atomic E-state index is 0.356. The van der Waals surface area contributed by atoms with Gasteiger partial charge in [-0.1, -0.05) is 19.3 Å². The Morgan fingerprint density at radius 3 is 2.25 bits per heavy atom. The summed E-state index contributed by atoms with van der Waals surface area (Å²) in [5.74, 6) is 0.752. The van der Waals surface area contributed by atoms with Crippen molar-refractivity contribution in [3.05, 3.63) is 0 Å². The molecule has 3 heteroatoms. The van der Waals surface area contributed by atoms with E-state index in [1.807, 2.05) is 0 Å². The third kappa shape index (κ3) is 2.96. The van der Waals surface area contributed by atoms with Crippen LogP contribution in [0.4, 0.5) is 0 Å². The van der Waals surface area contributed by atoms with E-state index in [-0.39, 0.29) is 0 Å². The summed E-state index contributed by atoms with van der Waals surface area (Å²) in [6.07, 6.45) is 6.80. The van der Waals surface area contributed by atoms with Gasteiger partial charge in [0.25, 0.3) is 0 Å². The highest BCUT2D eigenvalue weighted by atomic mass is 16.3. The second kappa shape index (κ2) is 5.99. The van der Waals surface area contributed by atoms with Crippen LogP contribution in [0, 0.1) is 5.92 Å². The first-order chi connectivity index (χ1) is 7.81. The predicted molar refractivity (Wildman–Crippen MR) is 66.5 cm³/mol. The zero-order chi connectivity index (χ0) is 11.4. The summed E-state index contributed by atoms with van der Waals surface area (Å²) in [4.78, 5) is 4.90. The molecule has 2 aliphatic rings. The Kier molecular flexibility index (Phi) is 4.62. The van der Waals surface area contributed by atoms with Crippen LogP contribution in [-0.4, -0.2) is 60.8 Å². The monoisotopic (exact) mass is 226 g/mol. The van der Waals surface area contributed by atoms with Gasteiger partial charge in [-0.2, -0.15) is 0 Å². The number of hydrogen-bond acceptors (Lipinski definition) is 3. The average Bonchev–Trinajstić information content (AvgIpc) is 2.34. The molecule has 2 fully saturated rings. The van der Waals surface area contributed by atoms with Crippen molar-refractivity contribution in [3.8, 4) is 0 Å². The SMILES string of the molecule is CN1CCN(C(CO)C2CCCCC2)CC1. The summed E-state index contributed by atoms with van der Waals surface area (Å²) in [7, 11) is 2.19. The van der Waals surface area contributed by atoms with Crippen molar-refractivity contribution in [3.63, 3.8) is 0 Å². The maximum absolute atomic E-state index is 9.64. The maximum Gasteiger partial charge on any atom is 0.0589 e. The number of nitrogens with zero attached hydrogens (tertiary/aromatic N) is 2. The van der Waals surface area contributed by atoms with Crippen LogP contribution in [0.15, 0.2) is 0 Å². The number of rotatable bonds is 3. The molecule has 1 heterocycles. The summed E-state index contributed by atoms with van der Waals surface area (Å²) in [6, 6.07) is 0.439. The number of piperazine rings is 1. The molecule has 0 aromatic carbocycles. The van der Waals surface area contributed by atoms with Gasteiger partial charge in [0, 0.05) is 32.2 Å². The lowest BCUT2D eigenvalue weighted by molar-refractivity contribution is 0.0330. The molecule has 1 aliphatic carbocycles. The largest absolute Gasteiger partial charge is 0.395 e. The highest BCUT2D eigenvalue weighted by molar-refractivity contribution is 4.84. The predicted octanol–water partition coefficient (Wildman–Crippen LogP) is 1.17. The molecule has 94 valence electrons. The van der Waals surface area contributed by atoms with E-state index < -0.39 is 0 Å². The van der Waals surface area contributed by atoms with Crippen molar-refractivity contribution >= 4 is 0 Å². The van der Waals surface area contributed by atoms with E-state index in [0.717, 1.165) is 32.1 Å². The fourth-order valence-electron chi connectivity index (χ4n) is 3.24. The highest BCUT2D eigenvalue weighted by Crippen LogP contribution is 2.29. The molecule has 1 aliphatic heterocycles. The van der Waals surface area contributed by atoms with Gasteiger partial charge in [-0.25, -0.2) is 0 Å². The fraction of sp³-hybridized carbons (Fsp3) is 1.00. The van der Waals surface area contributed by atoms with Crippen LogP contribution >= 0.6 is 0 Å². The Hall–Kier alpha value is -0.120. The first-order valence-electron chi connectivity index (χ1n) is 6.84. The van der Waals surface area contributed by atoms with E-state index in [1.54, 1.807) is 0 Å². The Morgan fingerprint density at radius 1 is 1.06 bits per heavy atom. The molecule has 2 rings (SSSR count). The first kappa shape index (κ1) is 12.3. The molecule has 0 radical (unpaired) electrons. The van der Waals surface area contributed by atoms with Gasteiger partial charge in [-0.15, -0.1) is 0 Å². The number of likely N-dealkylation sites (N-methyl/N-ethyl adjacent to an activating group) is 1. The summed E-state index contributed by atoms with van der Waals surface area (Å²) in [6.45, 7) is 4.94. The average molecular weight is 226 g/mol. The fourth-order valence-corrected chi connectivity index (χ4v) is 3.24. The molecular weight excluding hydrogens is 200 g/mol. The maximum atomic E-state index is 9.64. The lowest BCUT2D eigenvalue weighted by Gasteiger charge is -2.41. The molecule has 0 aromatic rings. The molecule has 1 N–H and O–H groups in total. The van der Waals surface area contributed by atoms with Crippen molar-refractivity contribution < 1.29 is 5.11 Å². The van der Waals surface area contributed by atoms with Gasteiger partial charge in [-0.05, 0) is 25.8 Å². The van der Waals surface area contributed by atoms with Crippen LogP contribution in [-0.2, 0) is 0 Å². The lowest BCUT2D eigenvalue weighted by atomic mass is 9.83. The molecule has 0 amide bonds. The summed E-state index contributed by atoms with van der Waals surface area (Å²) >= 11 is 0. The van der Waals surface area contributed by atoms with Crippen LogP contribution in [0.25, 0.3) is 0 Å². The van der Waals surface area contributed by atoms with E-state index in [0.29, 0.717) is 12.6 Å². The van der Waals surface area contributed by atoms with Crippen molar-refractivity contribution in [2.24, 2.45) is 5.92 Å². The van der Waals surface area contributed by atoms with Crippen LogP contribution in [0.3, 0.4) is 0 Å². The second-order valence-electron chi connectivity index (χ2n) is 5.49. The van der Waals surface area contributed by atoms with E-state index in [9.17, 15) is 5.11 Å². The Morgan fingerprint density at radius 2 is 1.69 bits per heavy atom. The number of aliphatic hydroxyl groups excluding tert-OH is 1. The molecule has 1 saturated carbocycles. The zero-order valence-corrected chi connectivity index (χ0v) is 10.6. The van der Waals surface area contributed by atoms with Gasteiger partial charge in [0.15, 0.2) is 0 Å². The van der Waals surface area contributed by atoms with E-state index in [4.69, 9.17) is 0 Å². The summed E-state index contributed by atoms with van der Waals surface area (Å²) < 4.78 is 0. The van der Waals surface area contributed by atoms with Crippen LogP contribution in [0.2, 0.25) is 0 Å².